The molecule has 0 unspecified atom stereocenters. The van der Waals surface area contributed by atoms with Crippen LogP contribution in [0.4, 0.5) is 0 Å². The molecule has 6 nitrogen and oxygen atoms in total. The number of hydrogen-bond acceptors (Lipinski definition) is 3. The second kappa shape index (κ2) is 6.39. The molecule has 6 heteroatoms. The molecule has 0 aliphatic heterocycles. The van der Waals surface area contributed by atoms with Crippen molar-refractivity contribution in [1.82, 2.24) is 14.5 Å². The largest absolute Gasteiger partial charge is 0.480 e. The zero-order chi connectivity index (χ0) is 15.4. The van der Waals surface area contributed by atoms with Gasteiger partial charge in [0, 0.05) is 6.54 Å². The zero-order valence-electron chi connectivity index (χ0n) is 12.2. The predicted molar refractivity (Wildman–Crippen MR) is 79.0 cm³/mol. The van der Waals surface area contributed by atoms with E-state index >= 15 is 0 Å². The van der Waals surface area contributed by atoms with Gasteiger partial charge >= 0.3 is 5.97 Å². The molecule has 0 radical (unpaired) electrons. The average molecular weight is 289 g/mol. The van der Waals surface area contributed by atoms with E-state index in [1.807, 2.05) is 42.7 Å². The molecule has 0 aliphatic rings. The number of rotatable bonds is 6. The fraction of sp³-hybridized carbons (Fsp3) is 0.400. The van der Waals surface area contributed by atoms with Gasteiger partial charge in [0.1, 0.15) is 18.9 Å². The molecule has 1 heterocycles. The van der Waals surface area contributed by atoms with Crippen molar-refractivity contribution in [3.63, 3.8) is 0 Å². The number of amides is 1. The van der Waals surface area contributed by atoms with Crippen LogP contribution in [0.3, 0.4) is 0 Å². The van der Waals surface area contributed by atoms with Crippen molar-refractivity contribution in [1.29, 1.82) is 0 Å². The number of aryl methyl sites for hydroxylation is 1. The highest BCUT2D eigenvalue weighted by atomic mass is 16.4. The molecule has 0 fully saturated rings. The third-order valence-electron chi connectivity index (χ3n) is 3.31. The Morgan fingerprint density at radius 1 is 1.33 bits per heavy atom. The fourth-order valence-corrected chi connectivity index (χ4v) is 2.36. The minimum Gasteiger partial charge on any atom is -0.480 e. The number of hydrogen-bond donors (Lipinski definition) is 1. The van der Waals surface area contributed by atoms with Crippen molar-refractivity contribution in [2.24, 2.45) is 0 Å². The number of aromatic nitrogens is 2. The first-order chi connectivity index (χ1) is 10.0. The van der Waals surface area contributed by atoms with Crippen LogP contribution < -0.4 is 0 Å². The van der Waals surface area contributed by atoms with Gasteiger partial charge in [-0.25, -0.2) is 4.98 Å². The molecule has 112 valence electrons. The Balaban J connectivity index is 2.23. The van der Waals surface area contributed by atoms with Gasteiger partial charge in [-0.1, -0.05) is 19.1 Å². The van der Waals surface area contributed by atoms with E-state index in [1.165, 1.54) is 4.90 Å². The Hall–Kier alpha value is -2.37. The molecule has 0 saturated carbocycles. The Morgan fingerprint density at radius 3 is 2.71 bits per heavy atom. The highest BCUT2D eigenvalue weighted by Gasteiger charge is 2.18. The van der Waals surface area contributed by atoms with E-state index in [-0.39, 0.29) is 19.0 Å². The summed E-state index contributed by atoms with van der Waals surface area (Å²) in [6.45, 7) is 4.05. The Morgan fingerprint density at radius 2 is 2.05 bits per heavy atom. The molecule has 0 atom stereocenters. The number of aliphatic carboxylic acids is 1. The quantitative estimate of drug-likeness (QED) is 0.877. The van der Waals surface area contributed by atoms with Crippen LogP contribution in [0.15, 0.2) is 24.3 Å². The van der Waals surface area contributed by atoms with Gasteiger partial charge in [0.05, 0.1) is 11.0 Å². The van der Waals surface area contributed by atoms with Crippen LogP contribution in [-0.4, -0.2) is 44.5 Å². The standard InChI is InChI=1S/C15H19N3O3/c1-3-8-17(10-15(20)21)14(19)9-18-11(2)16-12-6-4-5-7-13(12)18/h4-7H,3,8-10H2,1-2H3,(H,20,21). The second-order valence-corrected chi connectivity index (χ2v) is 4.94. The Labute approximate surface area is 123 Å². The van der Waals surface area contributed by atoms with Crippen molar-refractivity contribution < 1.29 is 14.7 Å². The van der Waals surface area contributed by atoms with Crippen molar-refractivity contribution >= 4 is 22.9 Å². The lowest BCUT2D eigenvalue weighted by molar-refractivity contribution is -0.144. The predicted octanol–water partition coefficient (Wildman–Crippen LogP) is 1.67. The first-order valence-corrected chi connectivity index (χ1v) is 6.94. The number of carboxylic acids is 1. The SMILES string of the molecule is CCCN(CC(=O)O)C(=O)Cn1c(C)nc2ccccc21. The van der Waals surface area contributed by atoms with Gasteiger partial charge in [-0.2, -0.15) is 0 Å². The van der Waals surface area contributed by atoms with E-state index in [0.717, 1.165) is 23.3 Å². The highest BCUT2D eigenvalue weighted by Crippen LogP contribution is 2.15. The zero-order valence-corrected chi connectivity index (χ0v) is 12.2. The molecule has 2 rings (SSSR count). The Bertz CT molecular complexity index is 663. The molecule has 2 aromatic rings. The molecule has 1 aromatic heterocycles. The summed E-state index contributed by atoms with van der Waals surface area (Å²) in [6.07, 6.45) is 0.725. The number of para-hydroxylation sites is 2. The summed E-state index contributed by atoms with van der Waals surface area (Å²) < 4.78 is 1.82. The lowest BCUT2D eigenvalue weighted by Gasteiger charge is -2.20. The van der Waals surface area contributed by atoms with E-state index in [0.29, 0.717) is 6.54 Å². The summed E-state index contributed by atoms with van der Waals surface area (Å²) in [7, 11) is 0. The first-order valence-electron chi connectivity index (χ1n) is 6.94. The van der Waals surface area contributed by atoms with Crippen LogP contribution in [-0.2, 0) is 16.1 Å². The number of nitrogens with zero attached hydrogens (tertiary/aromatic N) is 3. The highest BCUT2D eigenvalue weighted by molar-refractivity contribution is 5.83. The maximum absolute atomic E-state index is 12.3. The van der Waals surface area contributed by atoms with Crippen LogP contribution in [0.2, 0.25) is 0 Å². The smallest absolute Gasteiger partial charge is 0.323 e. The molecular weight excluding hydrogens is 270 g/mol. The monoisotopic (exact) mass is 289 g/mol. The summed E-state index contributed by atoms with van der Waals surface area (Å²) >= 11 is 0. The van der Waals surface area contributed by atoms with Crippen molar-refractivity contribution in [3.8, 4) is 0 Å². The van der Waals surface area contributed by atoms with Gasteiger partial charge in [-0.3, -0.25) is 9.59 Å². The van der Waals surface area contributed by atoms with Gasteiger partial charge in [0.15, 0.2) is 0 Å². The van der Waals surface area contributed by atoms with Crippen LogP contribution in [0.1, 0.15) is 19.2 Å². The Kier molecular flexibility index (Phi) is 4.57. The van der Waals surface area contributed by atoms with Gasteiger partial charge in [0.2, 0.25) is 5.91 Å². The minimum absolute atomic E-state index is 0.111. The van der Waals surface area contributed by atoms with Gasteiger partial charge in [-0.15, -0.1) is 0 Å². The van der Waals surface area contributed by atoms with E-state index in [9.17, 15) is 9.59 Å². The maximum atomic E-state index is 12.3. The molecule has 1 aromatic carbocycles. The first kappa shape index (κ1) is 15.0. The van der Waals surface area contributed by atoms with E-state index < -0.39 is 5.97 Å². The molecule has 0 bridgehead atoms. The third-order valence-corrected chi connectivity index (χ3v) is 3.31. The average Bonchev–Trinajstić information content (AvgIpc) is 2.74. The number of carboxylic acid groups (broad SMARTS) is 1. The topological polar surface area (TPSA) is 75.4 Å². The summed E-state index contributed by atoms with van der Waals surface area (Å²) in [5.41, 5.74) is 1.72. The number of imidazole rings is 1. The number of carbonyl (C=O) groups excluding carboxylic acids is 1. The summed E-state index contributed by atoms with van der Waals surface area (Å²) in [5.74, 6) is -0.453. The van der Waals surface area contributed by atoms with Crippen LogP contribution in [0.5, 0.6) is 0 Å². The van der Waals surface area contributed by atoms with Crippen molar-refractivity contribution in [2.45, 2.75) is 26.8 Å². The molecule has 21 heavy (non-hydrogen) atoms. The van der Waals surface area contributed by atoms with Gasteiger partial charge < -0.3 is 14.6 Å². The lowest BCUT2D eigenvalue weighted by atomic mass is 10.3. The molecule has 0 aliphatic carbocycles. The van der Waals surface area contributed by atoms with E-state index in [2.05, 4.69) is 4.98 Å². The lowest BCUT2D eigenvalue weighted by Crippen LogP contribution is -2.38. The van der Waals surface area contributed by atoms with Crippen molar-refractivity contribution in [2.75, 3.05) is 13.1 Å². The molecule has 0 spiro atoms. The molecule has 1 amide bonds. The van der Waals surface area contributed by atoms with E-state index in [1.54, 1.807) is 0 Å². The molecular formula is C15H19N3O3. The summed E-state index contributed by atoms with van der Waals surface area (Å²) in [5, 5.41) is 8.90. The second-order valence-electron chi connectivity index (χ2n) is 4.94. The minimum atomic E-state index is -0.996. The maximum Gasteiger partial charge on any atom is 0.323 e. The van der Waals surface area contributed by atoms with Crippen LogP contribution in [0, 0.1) is 6.92 Å². The van der Waals surface area contributed by atoms with Crippen molar-refractivity contribution in [3.05, 3.63) is 30.1 Å². The summed E-state index contributed by atoms with van der Waals surface area (Å²) in [4.78, 5) is 29.0. The molecule has 0 saturated heterocycles. The number of carbonyl (C=O) groups is 2. The van der Waals surface area contributed by atoms with Crippen LogP contribution >= 0.6 is 0 Å². The van der Waals surface area contributed by atoms with Gasteiger partial charge in [-0.05, 0) is 25.5 Å². The fourth-order valence-electron chi connectivity index (χ4n) is 2.36. The normalized spacial score (nSPS) is 10.8. The van der Waals surface area contributed by atoms with Gasteiger partial charge in [0.25, 0.3) is 0 Å². The third kappa shape index (κ3) is 3.39. The summed E-state index contributed by atoms with van der Waals surface area (Å²) in [6, 6.07) is 7.59. The number of benzene rings is 1. The molecule has 1 N–H and O–H groups in total. The number of fused-ring (bicyclic) bond motifs is 1. The van der Waals surface area contributed by atoms with E-state index in [4.69, 9.17) is 5.11 Å². The van der Waals surface area contributed by atoms with Crippen LogP contribution in [0.25, 0.3) is 11.0 Å².